The van der Waals surface area contributed by atoms with Crippen LogP contribution in [0.2, 0.25) is 0 Å². The van der Waals surface area contributed by atoms with Crippen LogP contribution in [0, 0.1) is 6.92 Å². The van der Waals surface area contributed by atoms with Crippen molar-refractivity contribution in [2.24, 2.45) is 0 Å². The van der Waals surface area contributed by atoms with Crippen molar-refractivity contribution in [2.45, 2.75) is 31.7 Å². The molecule has 0 saturated heterocycles. The number of aromatic nitrogens is 1. The van der Waals surface area contributed by atoms with E-state index in [-0.39, 0.29) is 12.1 Å². The first-order chi connectivity index (χ1) is 7.17. The molecule has 0 amide bonds. The monoisotopic (exact) mass is 270 g/mol. The van der Waals surface area contributed by atoms with E-state index in [2.05, 4.69) is 26.2 Å². The molecule has 1 heterocycles. The van der Waals surface area contributed by atoms with Crippen LogP contribution in [0.15, 0.2) is 16.7 Å². The molecule has 2 rings (SSSR count). The number of nitrogens with one attached hydrogen (secondary N) is 1. The number of aliphatic hydroxyl groups is 1. The van der Waals surface area contributed by atoms with Crippen molar-refractivity contribution >= 4 is 21.7 Å². The van der Waals surface area contributed by atoms with Crippen LogP contribution in [-0.4, -0.2) is 22.2 Å². The van der Waals surface area contributed by atoms with Gasteiger partial charge in [-0.25, -0.2) is 4.98 Å². The topological polar surface area (TPSA) is 45.2 Å². The molecular weight excluding hydrogens is 256 g/mol. The molecule has 82 valence electrons. The summed E-state index contributed by atoms with van der Waals surface area (Å²) < 4.78 is 0.990. The third kappa shape index (κ3) is 2.01. The van der Waals surface area contributed by atoms with Gasteiger partial charge in [0.1, 0.15) is 5.82 Å². The number of rotatable bonds is 3. The third-order valence-electron chi connectivity index (χ3n) is 3.08. The van der Waals surface area contributed by atoms with Crippen molar-refractivity contribution in [3.05, 3.63) is 22.3 Å². The maximum atomic E-state index is 9.35. The number of hydrogen-bond acceptors (Lipinski definition) is 3. The van der Waals surface area contributed by atoms with E-state index in [4.69, 9.17) is 0 Å². The van der Waals surface area contributed by atoms with Gasteiger partial charge in [-0.05, 0) is 53.7 Å². The SMILES string of the molecule is Cc1ccnc(NC2(CO)CCC2)c1Br. The molecule has 15 heavy (non-hydrogen) atoms. The molecule has 1 aliphatic carbocycles. The van der Waals surface area contributed by atoms with Crippen molar-refractivity contribution in [1.82, 2.24) is 4.98 Å². The van der Waals surface area contributed by atoms with Crippen LogP contribution in [0.4, 0.5) is 5.82 Å². The van der Waals surface area contributed by atoms with Crippen LogP contribution < -0.4 is 5.32 Å². The number of anilines is 1. The largest absolute Gasteiger partial charge is 0.394 e. The Balaban J connectivity index is 2.20. The average Bonchev–Trinajstić information content (AvgIpc) is 2.18. The molecule has 0 aliphatic heterocycles. The van der Waals surface area contributed by atoms with Crippen molar-refractivity contribution in [1.29, 1.82) is 0 Å². The summed E-state index contributed by atoms with van der Waals surface area (Å²) in [5.41, 5.74) is 1.02. The minimum absolute atomic E-state index is 0.136. The fourth-order valence-corrected chi connectivity index (χ4v) is 2.14. The smallest absolute Gasteiger partial charge is 0.141 e. The summed E-state index contributed by atoms with van der Waals surface area (Å²) in [7, 11) is 0. The van der Waals surface area contributed by atoms with Crippen molar-refractivity contribution < 1.29 is 5.11 Å². The predicted octanol–water partition coefficient (Wildman–Crippen LogP) is 2.48. The molecule has 4 heteroatoms. The summed E-state index contributed by atoms with van der Waals surface area (Å²) in [4.78, 5) is 4.28. The first-order valence-electron chi connectivity index (χ1n) is 5.17. The van der Waals surface area contributed by atoms with Crippen LogP contribution in [0.25, 0.3) is 0 Å². The van der Waals surface area contributed by atoms with Gasteiger partial charge in [0.05, 0.1) is 16.6 Å². The number of aliphatic hydroxyl groups excluding tert-OH is 1. The van der Waals surface area contributed by atoms with Gasteiger partial charge in [-0.2, -0.15) is 0 Å². The van der Waals surface area contributed by atoms with Crippen molar-refractivity contribution in [3.8, 4) is 0 Å². The van der Waals surface area contributed by atoms with E-state index in [1.54, 1.807) is 6.20 Å². The lowest BCUT2D eigenvalue weighted by molar-refractivity contribution is 0.143. The number of hydrogen-bond donors (Lipinski definition) is 2. The molecule has 1 aromatic rings. The summed E-state index contributed by atoms with van der Waals surface area (Å²) in [6, 6.07) is 1.96. The standard InChI is InChI=1S/C11H15BrN2O/c1-8-3-6-13-10(9(8)12)14-11(7-15)4-2-5-11/h3,6,15H,2,4-5,7H2,1H3,(H,13,14). The van der Waals surface area contributed by atoms with Gasteiger partial charge in [-0.15, -0.1) is 0 Å². The number of halogens is 1. The van der Waals surface area contributed by atoms with E-state index in [0.29, 0.717) is 0 Å². The zero-order valence-corrected chi connectivity index (χ0v) is 10.3. The first-order valence-corrected chi connectivity index (χ1v) is 5.96. The fraction of sp³-hybridized carbons (Fsp3) is 0.545. The number of pyridine rings is 1. The zero-order valence-electron chi connectivity index (χ0n) is 8.76. The second kappa shape index (κ2) is 4.10. The van der Waals surface area contributed by atoms with Gasteiger partial charge in [0.25, 0.3) is 0 Å². The van der Waals surface area contributed by atoms with Crippen LogP contribution in [0.1, 0.15) is 24.8 Å². The van der Waals surface area contributed by atoms with E-state index < -0.39 is 0 Å². The molecule has 1 fully saturated rings. The van der Waals surface area contributed by atoms with Crippen molar-refractivity contribution in [2.75, 3.05) is 11.9 Å². The van der Waals surface area contributed by atoms with Crippen LogP contribution in [0.3, 0.4) is 0 Å². The minimum atomic E-state index is -0.136. The second-order valence-electron chi connectivity index (χ2n) is 4.21. The van der Waals surface area contributed by atoms with Gasteiger partial charge in [0.15, 0.2) is 0 Å². The molecule has 0 unspecified atom stereocenters. The predicted molar refractivity (Wildman–Crippen MR) is 64.0 cm³/mol. The normalized spacial score (nSPS) is 18.3. The maximum absolute atomic E-state index is 9.35. The van der Waals surface area contributed by atoms with E-state index in [0.717, 1.165) is 28.7 Å². The molecule has 1 aromatic heterocycles. The van der Waals surface area contributed by atoms with Gasteiger partial charge >= 0.3 is 0 Å². The highest BCUT2D eigenvalue weighted by Gasteiger charge is 2.36. The molecule has 0 bridgehead atoms. The number of nitrogens with zero attached hydrogens (tertiary/aromatic N) is 1. The Morgan fingerprint density at radius 2 is 2.33 bits per heavy atom. The molecule has 0 aromatic carbocycles. The van der Waals surface area contributed by atoms with E-state index in [9.17, 15) is 5.11 Å². The maximum Gasteiger partial charge on any atom is 0.141 e. The Hall–Kier alpha value is -0.610. The third-order valence-corrected chi connectivity index (χ3v) is 4.08. The molecule has 2 N–H and O–H groups in total. The summed E-state index contributed by atoms with van der Waals surface area (Å²) >= 11 is 3.51. The molecule has 0 spiro atoms. The molecule has 0 radical (unpaired) electrons. The molecule has 3 nitrogen and oxygen atoms in total. The first kappa shape index (κ1) is 10.9. The number of aryl methyl sites for hydroxylation is 1. The summed E-state index contributed by atoms with van der Waals surface area (Å²) in [5.74, 6) is 0.837. The quantitative estimate of drug-likeness (QED) is 0.887. The molecule has 1 aliphatic rings. The molecular formula is C11H15BrN2O. The van der Waals surface area contributed by atoms with E-state index in [1.165, 1.54) is 6.42 Å². The summed E-state index contributed by atoms with van der Waals surface area (Å²) in [6.07, 6.45) is 5.00. The lowest BCUT2D eigenvalue weighted by atomic mass is 9.77. The summed E-state index contributed by atoms with van der Waals surface area (Å²) in [5, 5.41) is 12.7. The second-order valence-corrected chi connectivity index (χ2v) is 5.00. The van der Waals surface area contributed by atoms with Gasteiger partial charge < -0.3 is 10.4 Å². The van der Waals surface area contributed by atoms with Crippen LogP contribution in [0.5, 0.6) is 0 Å². The fourth-order valence-electron chi connectivity index (χ4n) is 1.80. The Bertz CT molecular complexity index is 358. The lowest BCUT2D eigenvalue weighted by Crippen LogP contribution is -2.48. The average molecular weight is 271 g/mol. The van der Waals surface area contributed by atoms with Crippen molar-refractivity contribution in [3.63, 3.8) is 0 Å². The van der Waals surface area contributed by atoms with E-state index in [1.807, 2.05) is 13.0 Å². The molecule has 1 saturated carbocycles. The van der Waals surface area contributed by atoms with Crippen LogP contribution in [-0.2, 0) is 0 Å². The highest BCUT2D eigenvalue weighted by atomic mass is 79.9. The Morgan fingerprint density at radius 1 is 1.60 bits per heavy atom. The molecule has 0 atom stereocenters. The van der Waals surface area contributed by atoms with E-state index >= 15 is 0 Å². The van der Waals surface area contributed by atoms with Gasteiger partial charge in [0, 0.05) is 6.20 Å². The van der Waals surface area contributed by atoms with Crippen LogP contribution >= 0.6 is 15.9 Å². The highest BCUT2D eigenvalue weighted by molar-refractivity contribution is 9.10. The zero-order chi connectivity index (χ0) is 10.9. The van der Waals surface area contributed by atoms with Gasteiger partial charge in [-0.1, -0.05) is 0 Å². The minimum Gasteiger partial charge on any atom is -0.394 e. The van der Waals surface area contributed by atoms with Gasteiger partial charge in [-0.3, -0.25) is 0 Å². The Labute approximate surface area is 98.0 Å². The Kier molecular flexibility index (Phi) is 2.98. The highest BCUT2D eigenvalue weighted by Crippen LogP contribution is 2.36. The van der Waals surface area contributed by atoms with Gasteiger partial charge in [0.2, 0.25) is 0 Å². The Morgan fingerprint density at radius 3 is 2.87 bits per heavy atom. The summed E-state index contributed by atoms with van der Waals surface area (Å²) in [6.45, 7) is 2.21. The lowest BCUT2D eigenvalue weighted by Gasteiger charge is -2.41.